The van der Waals surface area contributed by atoms with E-state index in [9.17, 15) is 4.79 Å². The van der Waals surface area contributed by atoms with Gasteiger partial charge in [-0.3, -0.25) is 0 Å². The van der Waals surface area contributed by atoms with E-state index in [0.29, 0.717) is 0 Å². The summed E-state index contributed by atoms with van der Waals surface area (Å²) in [6.45, 7) is 7.67. The average Bonchev–Trinajstić information content (AvgIpc) is 2.36. The summed E-state index contributed by atoms with van der Waals surface area (Å²) >= 11 is 0. The van der Waals surface area contributed by atoms with E-state index in [1.54, 1.807) is 0 Å². The molecule has 3 rings (SSSR count). The van der Waals surface area contributed by atoms with E-state index in [0.717, 1.165) is 29.0 Å². The van der Waals surface area contributed by atoms with Gasteiger partial charge in [-0.2, -0.15) is 0 Å². The average molecular weight is 287 g/mol. The fraction of sp³-hybridized carbons (Fsp3) is 0.471. The van der Waals surface area contributed by atoms with Crippen LogP contribution in [0, 0.1) is 0 Å². The zero-order valence-electron chi connectivity index (χ0n) is 12.9. The molecule has 112 valence electrons. The first-order valence-corrected chi connectivity index (χ1v) is 7.37. The zero-order chi connectivity index (χ0) is 15.2. The lowest BCUT2D eigenvalue weighted by molar-refractivity contribution is -0.143. The molecule has 0 fully saturated rings. The first-order valence-electron chi connectivity index (χ1n) is 7.37. The van der Waals surface area contributed by atoms with Crippen LogP contribution in [0.4, 0.5) is 0 Å². The van der Waals surface area contributed by atoms with Crippen molar-refractivity contribution in [2.45, 2.75) is 51.9 Å². The highest BCUT2D eigenvalue weighted by Crippen LogP contribution is 2.47. The van der Waals surface area contributed by atoms with Crippen molar-refractivity contribution in [2.24, 2.45) is 0 Å². The number of hydrogen-bond donors (Lipinski definition) is 1. The summed E-state index contributed by atoms with van der Waals surface area (Å²) in [6, 6.07) is 7.91. The van der Waals surface area contributed by atoms with E-state index >= 15 is 0 Å². The van der Waals surface area contributed by atoms with Crippen molar-refractivity contribution in [3.8, 4) is 5.75 Å². The maximum Gasteiger partial charge on any atom is 0.336 e. The zero-order valence-corrected chi connectivity index (χ0v) is 12.9. The summed E-state index contributed by atoms with van der Waals surface area (Å²) in [7, 11) is 0. The van der Waals surface area contributed by atoms with Crippen LogP contribution in [0.5, 0.6) is 5.75 Å². The standard InChI is InChI=1S/C17H21NO3/c1-10(2)20-16(19)15-11(3)18-17(4)9-13(15)12-7-5-6-8-14(12)21-17/h5-8,10,13,18H,9H2,1-4H3. The third-order valence-electron chi connectivity index (χ3n) is 3.99. The monoisotopic (exact) mass is 287 g/mol. The first-order chi connectivity index (χ1) is 9.89. The second-order valence-electron chi connectivity index (χ2n) is 6.25. The van der Waals surface area contributed by atoms with Crippen molar-refractivity contribution in [3.05, 3.63) is 41.1 Å². The molecule has 0 saturated heterocycles. The van der Waals surface area contributed by atoms with Crippen molar-refractivity contribution in [2.75, 3.05) is 0 Å². The molecule has 0 saturated carbocycles. The van der Waals surface area contributed by atoms with Gasteiger partial charge in [-0.1, -0.05) is 18.2 Å². The van der Waals surface area contributed by atoms with Crippen LogP contribution in [0.25, 0.3) is 0 Å². The van der Waals surface area contributed by atoms with E-state index in [2.05, 4.69) is 5.32 Å². The smallest absolute Gasteiger partial charge is 0.336 e. The van der Waals surface area contributed by atoms with Gasteiger partial charge < -0.3 is 14.8 Å². The molecule has 2 aliphatic heterocycles. The second kappa shape index (κ2) is 4.79. The molecule has 2 unspecified atom stereocenters. The van der Waals surface area contributed by atoms with Crippen LogP contribution < -0.4 is 10.1 Å². The van der Waals surface area contributed by atoms with Crippen LogP contribution >= 0.6 is 0 Å². The Morgan fingerprint density at radius 3 is 2.86 bits per heavy atom. The molecule has 2 heterocycles. The highest BCUT2D eigenvalue weighted by Gasteiger charge is 2.45. The lowest BCUT2D eigenvalue weighted by Gasteiger charge is -2.45. The van der Waals surface area contributed by atoms with Gasteiger partial charge in [0, 0.05) is 23.6 Å². The highest BCUT2D eigenvalue weighted by molar-refractivity contribution is 5.92. The number of carbonyl (C=O) groups excluding carboxylic acids is 1. The van der Waals surface area contributed by atoms with E-state index in [-0.39, 0.29) is 18.0 Å². The van der Waals surface area contributed by atoms with Crippen molar-refractivity contribution in [1.29, 1.82) is 0 Å². The molecular formula is C17H21NO3. The number of rotatable bonds is 2. The number of benzene rings is 1. The lowest BCUT2D eigenvalue weighted by Crippen LogP contribution is -2.54. The van der Waals surface area contributed by atoms with Gasteiger partial charge in [0.15, 0.2) is 5.72 Å². The summed E-state index contributed by atoms with van der Waals surface area (Å²) in [6.07, 6.45) is 0.602. The Bertz CT molecular complexity index is 620. The Kier molecular flexibility index (Phi) is 3.19. The Morgan fingerprint density at radius 1 is 1.43 bits per heavy atom. The van der Waals surface area contributed by atoms with Crippen LogP contribution in [0.2, 0.25) is 0 Å². The normalized spacial score (nSPS) is 26.8. The molecule has 2 bridgehead atoms. The molecule has 1 aromatic carbocycles. The second-order valence-corrected chi connectivity index (χ2v) is 6.25. The van der Waals surface area contributed by atoms with Crippen molar-refractivity contribution in [3.63, 3.8) is 0 Å². The minimum Gasteiger partial charge on any atom is -0.468 e. The molecule has 2 aliphatic rings. The number of nitrogens with one attached hydrogen (secondary N) is 1. The van der Waals surface area contributed by atoms with Gasteiger partial charge in [0.25, 0.3) is 0 Å². The maximum absolute atomic E-state index is 12.5. The Labute approximate surface area is 125 Å². The molecule has 4 heteroatoms. The molecule has 2 atom stereocenters. The van der Waals surface area contributed by atoms with Gasteiger partial charge in [-0.05, 0) is 33.8 Å². The van der Waals surface area contributed by atoms with Crippen molar-refractivity contribution >= 4 is 5.97 Å². The molecule has 0 spiro atoms. The van der Waals surface area contributed by atoms with Gasteiger partial charge in [0.1, 0.15) is 5.75 Å². The minimum absolute atomic E-state index is 0.0208. The molecule has 21 heavy (non-hydrogen) atoms. The molecular weight excluding hydrogens is 266 g/mol. The lowest BCUT2D eigenvalue weighted by atomic mass is 9.78. The first kappa shape index (κ1) is 14.0. The molecule has 0 radical (unpaired) electrons. The number of esters is 1. The fourth-order valence-electron chi connectivity index (χ4n) is 3.28. The van der Waals surface area contributed by atoms with Crippen molar-refractivity contribution < 1.29 is 14.3 Å². The number of fused-ring (bicyclic) bond motifs is 4. The quantitative estimate of drug-likeness (QED) is 0.849. The van der Waals surface area contributed by atoms with Crippen LogP contribution in [-0.4, -0.2) is 17.8 Å². The van der Waals surface area contributed by atoms with E-state index in [1.807, 2.05) is 52.0 Å². The summed E-state index contributed by atoms with van der Waals surface area (Å²) in [5.74, 6) is 0.623. The summed E-state index contributed by atoms with van der Waals surface area (Å²) in [5.41, 5.74) is 2.16. The molecule has 1 aromatic rings. The van der Waals surface area contributed by atoms with E-state index in [1.165, 1.54) is 0 Å². The third kappa shape index (κ3) is 2.39. The number of carbonyl (C=O) groups is 1. The predicted octanol–water partition coefficient (Wildman–Crippen LogP) is 3.10. The summed E-state index contributed by atoms with van der Waals surface area (Å²) in [5, 5.41) is 3.33. The van der Waals surface area contributed by atoms with Crippen molar-refractivity contribution in [1.82, 2.24) is 5.32 Å². The Balaban J connectivity index is 2.07. The number of para-hydroxylation sites is 1. The summed E-state index contributed by atoms with van der Waals surface area (Å²) in [4.78, 5) is 12.5. The molecule has 1 N–H and O–H groups in total. The largest absolute Gasteiger partial charge is 0.468 e. The SMILES string of the molecule is CC1=C(C(=O)OC(C)C)C2CC(C)(N1)Oc1ccccc12. The molecule has 0 amide bonds. The van der Waals surface area contributed by atoms with Crippen LogP contribution in [0.3, 0.4) is 0 Å². The van der Waals surface area contributed by atoms with Crippen LogP contribution in [0.15, 0.2) is 35.5 Å². The van der Waals surface area contributed by atoms with Gasteiger partial charge in [0.05, 0.1) is 11.7 Å². The topological polar surface area (TPSA) is 47.6 Å². The third-order valence-corrected chi connectivity index (χ3v) is 3.99. The number of ether oxygens (including phenoxy) is 2. The van der Waals surface area contributed by atoms with Gasteiger partial charge in [-0.15, -0.1) is 0 Å². The van der Waals surface area contributed by atoms with E-state index < -0.39 is 5.72 Å². The van der Waals surface area contributed by atoms with E-state index in [4.69, 9.17) is 9.47 Å². The molecule has 0 aliphatic carbocycles. The fourth-order valence-corrected chi connectivity index (χ4v) is 3.28. The number of allylic oxidation sites excluding steroid dienone is 1. The minimum atomic E-state index is -0.468. The van der Waals surface area contributed by atoms with Gasteiger partial charge in [-0.25, -0.2) is 4.79 Å². The maximum atomic E-state index is 12.5. The van der Waals surface area contributed by atoms with Gasteiger partial charge >= 0.3 is 5.97 Å². The summed E-state index contributed by atoms with van der Waals surface area (Å²) < 4.78 is 11.5. The predicted molar refractivity (Wildman–Crippen MR) is 79.9 cm³/mol. The molecule has 4 nitrogen and oxygen atoms in total. The van der Waals surface area contributed by atoms with Gasteiger partial charge in [0.2, 0.25) is 0 Å². The Morgan fingerprint density at radius 2 is 2.14 bits per heavy atom. The highest BCUT2D eigenvalue weighted by atomic mass is 16.5. The number of hydrogen-bond acceptors (Lipinski definition) is 4. The molecule has 0 aromatic heterocycles. The van der Waals surface area contributed by atoms with Crippen LogP contribution in [0.1, 0.15) is 45.6 Å². The Hall–Kier alpha value is -1.97. The van der Waals surface area contributed by atoms with Crippen LogP contribution in [-0.2, 0) is 9.53 Å².